The lowest BCUT2D eigenvalue weighted by atomic mass is 10.0. The zero-order valence-electron chi connectivity index (χ0n) is 20.2. The van der Waals surface area contributed by atoms with Crippen LogP contribution in [0, 0.1) is 25.2 Å². The molecule has 35 heavy (non-hydrogen) atoms. The Kier molecular flexibility index (Phi) is 8.80. The molecule has 3 aromatic carbocycles. The third-order valence-corrected chi connectivity index (χ3v) is 5.30. The first kappa shape index (κ1) is 25.3. The Hall–Kier alpha value is -4.37. The minimum Gasteiger partial charge on any atom is -0.497 e. The van der Waals surface area contributed by atoms with Crippen molar-refractivity contribution in [1.82, 2.24) is 0 Å². The molecule has 0 fully saturated rings. The number of aryl methyl sites for hydroxylation is 2. The van der Waals surface area contributed by atoms with Crippen molar-refractivity contribution in [2.75, 3.05) is 25.2 Å². The smallest absolute Gasteiger partial charge is 0.339 e. The Balaban J connectivity index is 1.84. The largest absolute Gasteiger partial charge is 0.497 e. The number of methoxy groups -OCH3 is 1. The summed E-state index contributed by atoms with van der Waals surface area (Å²) in [5.74, 6) is -0.350. The maximum atomic E-state index is 13.1. The van der Waals surface area contributed by atoms with Gasteiger partial charge < -0.3 is 14.4 Å². The molecule has 0 saturated heterocycles. The van der Waals surface area contributed by atoms with Gasteiger partial charge in [0.1, 0.15) is 5.75 Å². The zero-order valence-corrected chi connectivity index (χ0v) is 20.2. The number of amides is 1. The predicted molar refractivity (Wildman–Crippen MR) is 137 cm³/mol. The number of benzene rings is 3. The molecular weight excluding hydrogens is 440 g/mol. The van der Waals surface area contributed by atoms with Gasteiger partial charge in [0.15, 0.2) is 6.61 Å². The Morgan fingerprint density at radius 1 is 0.971 bits per heavy atom. The van der Waals surface area contributed by atoms with Gasteiger partial charge in [-0.15, -0.1) is 0 Å². The summed E-state index contributed by atoms with van der Waals surface area (Å²) in [5, 5.41) is 9.06. The molecule has 0 atom stereocenters. The highest BCUT2D eigenvalue weighted by molar-refractivity contribution is 6.22. The molecule has 0 aliphatic rings. The highest BCUT2D eigenvalue weighted by Gasteiger charge is 2.20. The van der Waals surface area contributed by atoms with Crippen LogP contribution in [0.2, 0.25) is 0 Å². The lowest BCUT2D eigenvalue weighted by molar-refractivity contribution is -0.142. The number of carbonyl (C=O) groups is 2. The lowest BCUT2D eigenvalue weighted by Gasteiger charge is -2.23. The highest BCUT2D eigenvalue weighted by atomic mass is 16.5. The highest BCUT2D eigenvalue weighted by Crippen LogP contribution is 2.23. The molecule has 1 amide bonds. The fourth-order valence-corrected chi connectivity index (χ4v) is 3.72. The number of nitrogens with zero attached hydrogens (tertiary/aromatic N) is 2. The SMILES string of the molecule is COc1cccc(C=C(C(=O)OCC(=O)N(CCC#N)c2cc(C)cc(C)c2)c2ccccc2)c1. The number of esters is 1. The van der Waals surface area contributed by atoms with Gasteiger partial charge in [-0.1, -0.05) is 48.5 Å². The molecule has 6 heteroatoms. The third kappa shape index (κ3) is 7.05. The van der Waals surface area contributed by atoms with E-state index >= 15 is 0 Å². The molecule has 0 aliphatic heterocycles. The molecular formula is C29H28N2O4. The van der Waals surface area contributed by atoms with E-state index in [0.717, 1.165) is 16.7 Å². The van der Waals surface area contributed by atoms with E-state index in [2.05, 4.69) is 6.07 Å². The summed E-state index contributed by atoms with van der Waals surface area (Å²) in [6.07, 6.45) is 1.87. The summed E-state index contributed by atoms with van der Waals surface area (Å²) in [6, 6.07) is 24.3. The molecule has 0 spiro atoms. The number of anilines is 1. The number of hydrogen-bond acceptors (Lipinski definition) is 5. The van der Waals surface area contributed by atoms with Crippen LogP contribution in [0.5, 0.6) is 5.75 Å². The minimum absolute atomic E-state index is 0.164. The fraction of sp³-hybridized carbons (Fsp3) is 0.207. The van der Waals surface area contributed by atoms with Crippen LogP contribution in [0.4, 0.5) is 5.69 Å². The van der Waals surface area contributed by atoms with Gasteiger partial charge in [0, 0.05) is 12.2 Å². The average Bonchev–Trinajstić information content (AvgIpc) is 2.86. The summed E-state index contributed by atoms with van der Waals surface area (Å²) in [7, 11) is 1.58. The summed E-state index contributed by atoms with van der Waals surface area (Å²) >= 11 is 0. The maximum Gasteiger partial charge on any atom is 0.339 e. The molecule has 0 N–H and O–H groups in total. The van der Waals surface area contributed by atoms with Gasteiger partial charge in [-0.05, 0) is 66.4 Å². The van der Waals surface area contributed by atoms with Gasteiger partial charge in [-0.2, -0.15) is 5.26 Å². The third-order valence-electron chi connectivity index (χ3n) is 5.30. The number of hydrogen-bond donors (Lipinski definition) is 0. The molecule has 0 heterocycles. The van der Waals surface area contributed by atoms with Crippen LogP contribution in [-0.4, -0.2) is 32.1 Å². The second-order valence-corrected chi connectivity index (χ2v) is 8.08. The number of rotatable bonds is 9. The quantitative estimate of drug-likeness (QED) is 0.241. The van der Waals surface area contributed by atoms with Gasteiger partial charge in [0.25, 0.3) is 5.91 Å². The first-order valence-electron chi connectivity index (χ1n) is 11.2. The number of carbonyl (C=O) groups excluding carboxylic acids is 2. The molecule has 0 unspecified atom stereocenters. The summed E-state index contributed by atoms with van der Waals surface area (Å²) in [4.78, 5) is 27.7. The standard InChI is InChI=1S/C29H28N2O4/c1-21-15-22(2)17-25(16-21)31(14-8-13-30)28(32)20-35-29(33)27(24-10-5-4-6-11-24)19-23-9-7-12-26(18-23)34-3/h4-7,9-12,15-19H,8,14,20H2,1-3H3. The first-order chi connectivity index (χ1) is 16.9. The maximum absolute atomic E-state index is 13.1. The second kappa shape index (κ2) is 12.2. The van der Waals surface area contributed by atoms with E-state index in [0.29, 0.717) is 22.6 Å². The van der Waals surface area contributed by atoms with Crippen LogP contribution in [-0.2, 0) is 14.3 Å². The predicted octanol–water partition coefficient (Wildman–Crippen LogP) is 5.34. The molecule has 178 valence electrons. The zero-order chi connectivity index (χ0) is 25.2. The van der Waals surface area contributed by atoms with Gasteiger partial charge in [-0.25, -0.2) is 4.79 Å². The summed E-state index contributed by atoms with van der Waals surface area (Å²) in [5.41, 5.74) is 4.43. The fourth-order valence-electron chi connectivity index (χ4n) is 3.72. The van der Waals surface area contributed by atoms with Gasteiger partial charge in [-0.3, -0.25) is 4.79 Å². The van der Waals surface area contributed by atoms with E-state index in [1.807, 2.05) is 86.6 Å². The Bertz CT molecular complexity index is 1240. The molecule has 0 aliphatic carbocycles. The van der Waals surface area contributed by atoms with E-state index in [4.69, 9.17) is 14.7 Å². The van der Waals surface area contributed by atoms with E-state index in [-0.39, 0.29) is 13.0 Å². The average molecular weight is 469 g/mol. The molecule has 0 radical (unpaired) electrons. The second-order valence-electron chi connectivity index (χ2n) is 8.08. The van der Waals surface area contributed by atoms with Crippen molar-refractivity contribution in [2.45, 2.75) is 20.3 Å². The van der Waals surface area contributed by atoms with E-state index < -0.39 is 18.5 Å². The van der Waals surface area contributed by atoms with E-state index in [1.165, 1.54) is 4.90 Å². The Morgan fingerprint density at radius 2 is 1.69 bits per heavy atom. The molecule has 3 aromatic rings. The van der Waals surface area contributed by atoms with E-state index in [9.17, 15) is 9.59 Å². The monoisotopic (exact) mass is 468 g/mol. The van der Waals surface area contributed by atoms with Crippen molar-refractivity contribution in [3.8, 4) is 11.8 Å². The van der Waals surface area contributed by atoms with Crippen molar-refractivity contribution in [3.63, 3.8) is 0 Å². The van der Waals surface area contributed by atoms with Crippen molar-refractivity contribution in [3.05, 3.63) is 95.1 Å². The van der Waals surface area contributed by atoms with Crippen LogP contribution >= 0.6 is 0 Å². The van der Waals surface area contributed by atoms with Crippen LogP contribution < -0.4 is 9.64 Å². The Morgan fingerprint density at radius 3 is 2.34 bits per heavy atom. The molecule has 0 saturated carbocycles. The van der Waals surface area contributed by atoms with Crippen molar-refractivity contribution in [2.24, 2.45) is 0 Å². The molecule has 3 rings (SSSR count). The van der Waals surface area contributed by atoms with Crippen LogP contribution in [0.1, 0.15) is 28.7 Å². The van der Waals surface area contributed by atoms with E-state index in [1.54, 1.807) is 13.2 Å². The Labute approximate surface area is 206 Å². The number of nitriles is 1. The van der Waals surface area contributed by atoms with Gasteiger partial charge in [0.05, 0.1) is 25.2 Å². The lowest BCUT2D eigenvalue weighted by Crippen LogP contribution is -2.35. The topological polar surface area (TPSA) is 79.6 Å². The minimum atomic E-state index is -0.618. The first-order valence-corrected chi connectivity index (χ1v) is 11.2. The molecule has 0 aromatic heterocycles. The summed E-state index contributed by atoms with van der Waals surface area (Å²) < 4.78 is 10.8. The van der Waals surface area contributed by atoms with Crippen molar-refractivity contribution < 1.29 is 19.1 Å². The van der Waals surface area contributed by atoms with Crippen LogP contribution in [0.3, 0.4) is 0 Å². The van der Waals surface area contributed by atoms with Gasteiger partial charge in [0.2, 0.25) is 0 Å². The van der Waals surface area contributed by atoms with Crippen molar-refractivity contribution >= 4 is 29.2 Å². The van der Waals surface area contributed by atoms with Gasteiger partial charge >= 0.3 is 5.97 Å². The van der Waals surface area contributed by atoms with Crippen LogP contribution in [0.25, 0.3) is 11.6 Å². The normalized spacial score (nSPS) is 10.9. The van der Waals surface area contributed by atoms with Crippen molar-refractivity contribution in [1.29, 1.82) is 5.26 Å². The number of ether oxygens (including phenoxy) is 2. The molecule has 6 nitrogen and oxygen atoms in total. The van der Waals surface area contributed by atoms with Crippen LogP contribution in [0.15, 0.2) is 72.8 Å². The molecule has 0 bridgehead atoms. The summed E-state index contributed by atoms with van der Waals surface area (Å²) in [6.45, 7) is 3.65.